The number of rotatable bonds is 3. The van der Waals surface area contributed by atoms with Crippen LogP contribution in [-0.4, -0.2) is 5.97 Å². The first-order valence-corrected chi connectivity index (χ1v) is 4.34. The number of para-hydroxylation sites is 1. The molecule has 0 aromatic heterocycles. The third kappa shape index (κ3) is 2.59. The lowest BCUT2D eigenvalue weighted by atomic mass is 10.2. The molecule has 0 N–H and O–H groups in total. The van der Waals surface area contributed by atoms with Crippen molar-refractivity contribution in [1.82, 2.24) is 0 Å². The zero-order chi connectivity index (χ0) is 10.4. The molecule has 0 unspecified atom stereocenters. The molecule has 0 spiro atoms. The van der Waals surface area contributed by atoms with Crippen LogP contribution in [0.15, 0.2) is 43.0 Å². The SMILES string of the molecule is C=Cc1ccccc1OC(=O)/C=C/C. The van der Waals surface area contributed by atoms with Gasteiger partial charge in [0.2, 0.25) is 0 Å². The van der Waals surface area contributed by atoms with Crippen LogP contribution in [0.2, 0.25) is 0 Å². The van der Waals surface area contributed by atoms with Crippen molar-refractivity contribution in [3.63, 3.8) is 0 Å². The van der Waals surface area contributed by atoms with Gasteiger partial charge in [0.25, 0.3) is 0 Å². The number of carbonyl (C=O) groups is 1. The molecule has 72 valence electrons. The summed E-state index contributed by atoms with van der Waals surface area (Å²) in [4.78, 5) is 11.1. The average molecular weight is 188 g/mol. The highest BCUT2D eigenvalue weighted by atomic mass is 16.5. The molecule has 0 aliphatic heterocycles. The predicted octanol–water partition coefficient (Wildman–Crippen LogP) is 2.81. The summed E-state index contributed by atoms with van der Waals surface area (Å²) in [5.41, 5.74) is 0.811. The second-order valence-corrected chi connectivity index (χ2v) is 2.66. The molecule has 14 heavy (non-hydrogen) atoms. The molecule has 0 bridgehead atoms. The Kier molecular flexibility index (Phi) is 3.68. The summed E-state index contributed by atoms with van der Waals surface area (Å²) in [6.07, 6.45) is 4.66. The van der Waals surface area contributed by atoms with Gasteiger partial charge in [-0.2, -0.15) is 0 Å². The van der Waals surface area contributed by atoms with E-state index >= 15 is 0 Å². The van der Waals surface area contributed by atoms with E-state index in [1.165, 1.54) is 6.08 Å². The fraction of sp³-hybridized carbons (Fsp3) is 0.0833. The normalized spacial score (nSPS) is 10.1. The van der Waals surface area contributed by atoms with E-state index in [0.717, 1.165) is 5.56 Å². The van der Waals surface area contributed by atoms with E-state index in [4.69, 9.17) is 4.74 Å². The molecule has 0 amide bonds. The van der Waals surface area contributed by atoms with Gasteiger partial charge in [0.15, 0.2) is 0 Å². The van der Waals surface area contributed by atoms with Gasteiger partial charge in [-0.3, -0.25) is 0 Å². The van der Waals surface area contributed by atoms with Crippen molar-refractivity contribution in [1.29, 1.82) is 0 Å². The minimum atomic E-state index is -0.373. The highest BCUT2D eigenvalue weighted by Gasteiger charge is 2.02. The molecule has 0 saturated heterocycles. The number of ether oxygens (including phenoxy) is 1. The Morgan fingerprint density at radius 1 is 1.43 bits per heavy atom. The van der Waals surface area contributed by atoms with Crippen molar-refractivity contribution in [3.8, 4) is 5.75 Å². The molecule has 0 saturated carbocycles. The first-order valence-electron chi connectivity index (χ1n) is 4.34. The number of esters is 1. The van der Waals surface area contributed by atoms with E-state index in [1.54, 1.807) is 25.1 Å². The van der Waals surface area contributed by atoms with Gasteiger partial charge >= 0.3 is 5.97 Å². The van der Waals surface area contributed by atoms with Crippen LogP contribution in [0.4, 0.5) is 0 Å². The van der Waals surface area contributed by atoms with Crippen LogP contribution in [0.3, 0.4) is 0 Å². The van der Waals surface area contributed by atoms with E-state index in [-0.39, 0.29) is 5.97 Å². The van der Waals surface area contributed by atoms with Gasteiger partial charge in [-0.15, -0.1) is 0 Å². The van der Waals surface area contributed by atoms with E-state index < -0.39 is 0 Å². The molecule has 2 heteroatoms. The summed E-state index contributed by atoms with van der Waals surface area (Å²) in [6, 6.07) is 7.25. The highest BCUT2D eigenvalue weighted by molar-refractivity contribution is 5.84. The van der Waals surface area contributed by atoms with E-state index in [2.05, 4.69) is 6.58 Å². The molecule has 0 atom stereocenters. The van der Waals surface area contributed by atoms with Crippen molar-refractivity contribution in [2.24, 2.45) is 0 Å². The van der Waals surface area contributed by atoms with E-state index in [9.17, 15) is 4.79 Å². The second-order valence-electron chi connectivity index (χ2n) is 2.66. The van der Waals surface area contributed by atoms with Crippen molar-refractivity contribution < 1.29 is 9.53 Å². The maximum absolute atomic E-state index is 11.1. The van der Waals surface area contributed by atoms with Crippen LogP contribution < -0.4 is 4.74 Å². The number of benzene rings is 1. The van der Waals surface area contributed by atoms with Crippen LogP contribution in [0, 0.1) is 0 Å². The zero-order valence-electron chi connectivity index (χ0n) is 8.07. The smallest absolute Gasteiger partial charge is 0.335 e. The monoisotopic (exact) mass is 188 g/mol. The molecule has 1 aromatic rings. The third-order valence-corrected chi connectivity index (χ3v) is 1.65. The summed E-state index contributed by atoms with van der Waals surface area (Å²) >= 11 is 0. The maximum Gasteiger partial charge on any atom is 0.335 e. The quantitative estimate of drug-likeness (QED) is 0.414. The Hall–Kier alpha value is -1.83. The van der Waals surface area contributed by atoms with Crippen LogP contribution >= 0.6 is 0 Å². The van der Waals surface area contributed by atoms with Crippen molar-refractivity contribution in [2.45, 2.75) is 6.92 Å². The molecule has 1 rings (SSSR count). The lowest BCUT2D eigenvalue weighted by Gasteiger charge is -2.04. The number of hydrogen-bond acceptors (Lipinski definition) is 2. The number of carbonyl (C=O) groups excluding carboxylic acids is 1. The summed E-state index contributed by atoms with van der Waals surface area (Å²) in [5.74, 6) is 0.160. The van der Waals surface area contributed by atoms with Crippen molar-refractivity contribution >= 4 is 12.0 Å². The van der Waals surface area contributed by atoms with Crippen molar-refractivity contribution in [2.75, 3.05) is 0 Å². The van der Waals surface area contributed by atoms with Crippen molar-refractivity contribution in [3.05, 3.63) is 48.6 Å². The minimum absolute atomic E-state index is 0.373. The minimum Gasteiger partial charge on any atom is -0.423 e. The maximum atomic E-state index is 11.1. The molecular formula is C12H12O2. The predicted molar refractivity (Wildman–Crippen MR) is 57.0 cm³/mol. The fourth-order valence-electron chi connectivity index (χ4n) is 1.02. The molecule has 2 nitrogen and oxygen atoms in total. The zero-order valence-corrected chi connectivity index (χ0v) is 8.07. The molecule has 0 fully saturated rings. The second kappa shape index (κ2) is 5.02. The van der Waals surface area contributed by atoms with Crippen LogP contribution in [0.5, 0.6) is 5.75 Å². The van der Waals surface area contributed by atoms with Gasteiger partial charge in [-0.1, -0.05) is 36.9 Å². The van der Waals surface area contributed by atoms with Crippen LogP contribution in [0.1, 0.15) is 12.5 Å². The summed E-state index contributed by atoms with van der Waals surface area (Å²) in [5, 5.41) is 0. The van der Waals surface area contributed by atoms with Gasteiger partial charge in [-0.25, -0.2) is 4.79 Å². The van der Waals surface area contributed by atoms with Gasteiger partial charge in [-0.05, 0) is 13.0 Å². The lowest BCUT2D eigenvalue weighted by molar-refractivity contribution is -0.129. The van der Waals surface area contributed by atoms with Crippen LogP contribution in [-0.2, 0) is 4.79 Å². The molecular weight excluding hydrogens is 176 g/mol. The lowest BCUT2D eigenvalue weighted by Crippen LogP contribution is -2.04. The Bertz CT molecular complexity index is 364. The Morgan fingerprint density at radius 3 is 2.79 bits per heavy atom. The Labute approximate surface area is 83.5 Å². The number of allylic oxidation sites excluding steroid dienone is 1. The summed E-state index contributed by atoms with van der Waals surface area (Å²) < 4.78 is 5.08. The van der Waals surface area contributed by atoms with Gasteiger partial charge < -0.3 is 4.74 Å². The largest absolute Gasteiger partial charge is 0.423 e. The Balaban J connectivity index is 2.85. The average Bonchev–Trinajstić information content (AvgIpc) is 2.19. The highest BCUT2D eigenvalue weighted by Crippen LogP contribution is 2.18. The fourth-order valence-corrected chi connectivity index (χ4v) is 1.02. The van der Waals surface area contributed by atoms with Gasteiger partial charge in [0, 0.05) is 11.6 Å². The molecule has 0 aliphatic rings. The molecule has 0 radical (unpaired) electrons. The third-order valence-electron chi connectivity index (χ3n) is 1.65. The Morgan fingerprint density at radius 2 is 2.14 bits per heavy atom. The topological polar surface area (TPSA) is 26.3 Å². The van der Waals surface area contributed by atoms with Crippen LogP contribution in [0.25, 0.3) is 6.08 Å². The first-order chi connectivity index (χ1) is 6.77. The molecule has 0 aliphatic carbocycles. The van der Waals surface area contributed by atoms with Gasteiger partial charge in [0.05, 0.1) is 0 Å². The van der Waals surface area contributed by atoms with Gasteiger partial charge in [0.1, 0.15) is 5.75 Å². The first kappa shape index (κ1) is 10.3. The van der Waals surface area contributed by atoms with E-state index in [1.807, 2.05) is 18.2 Å². The summed E-state index contributed by atoms with van der Waals surface area (Å²) in [7, 11) is 0. The molecule has 0 heterocycles. The summed E-state index contributed by atoms with van der Waals surface area (Å²) in [6.45, 7) is 5.40. The molecule has 1 aromatic carbocycles. The van der Waals surface area contributed by atoms with E-state index in [0.29, 0.717) is 5.75 Å². The standard InChI is InChI=1S/C12H12O2/c1-3-7-12(13)14-11-9-6-5-8-10(11)4-2/h3-9H,2H2,1H3/b7-3+. The number of hydrogen-bond donors (Lipinski definition) is 0.